The van der Waals surface area contributed by atoms with Crippen molar-refractivity contribution in [1.82, 2.24) is 0 Å². The maximum Gasteiger partial charge on any atom is 0.122 e. The predicted molar refractivity (Wildman–Crippen MR) is 71.3 cm³/mol. The van der Waals surface area contributed by atoms with E-state index in [1.165, 1.54) is 0 Å². The highest BCUT2D eigenvalue weighted by atomic mass is 35.5. The molecule has 0 amide bonds. The summed E-state index contributed by atoms with van der Waals surface area (Å²) in [5, 5.41) is 10.8. The lowest BCUT2D eigenvalue weighted by Crippen LogP contribution is -2.16. The van der Waals surface area contributed by atoms with E-state index in [0.29, 0.717) is 17.4 Å². The smallest absolute Gasteiger partial charge is 0.122 e. The minimum Gasteiger partial charge on any atom is -0.496 e. The van der Waals surface area contributed by atoms with Crippen LogP contribution in [0.25, 0.3) is 0 Å². The Balaban J connectivity index is 1.96. The van der Waals surface area contributed by atoms with Gasteiger partial charge in [-0.05, 0) is 42.5 Å². The highest BCUT2D eigenvalue weighted by molar-refractivity contribution is 6.30. The molecular weight excluding hydrogens is 252 g/mol. The van der Waals surface area contributed by atoms with Gasteiger partial charge in [0, 0.05) is 24.7 Å². The number of halogens is 1. The van der Waals surface area contributed by atoms with Gasteiger partial charge in [-0.2, -0.15) is 0 Å². The van der Waals surface area contributed by atoms with Gasteiger partial charge in [-0.1, -0.05) is 11.6 Å². The van der Waals surface area contributed by atoms with Crippen LogP contribution in [0.1, 0.15) is 18.4 Å². The molecule has 0 aliphatic carbocycles. The van der Waals surface area contributed by atoms with E-state index in [1.54, 1.807) is 13.2 Å². The van der Waals surface area contributed by atoms with E-state index in [1.807, 2.05) is 12.1 Å². The van der Waals surface area contributed by atoms with Gasteiger partial charge in [0.25, 0.3) is 0 Å². The first-order chi connectivity index (χ1) is 8.69. The molecule has 18 heavy (non-hydrogen) atoms. The fourth-order valence-electron chi connectivity index (χ4n) is 2.40. The molecule has 0 radical (unpaired) electrons. The molecule has 4 heteroatoms. The van der Waals surface area contributed by atoms with E-state index in [0.717, 1.165) is 37.4 Å². The number of ether oxygens (including phenoxy) is 2. The van der Waals surface area contributed by atoms with Crippen molar-refractivity contribution in [3.8, 4) is 5.75 Å². The number of methoxy groups -OCH3 is 1. The molecule has 0 spiro atoms. The van der Waals surface area contributed by atoms with Crippen LogP contribution >= 0.6 is 11.6 Å². The molecule has 1 aromatic rings. The minimum atomic E-state index is -0.371. The molecule has 0 bridgehead atoms. The van der Waals surface area contributed by atoms with Crippen molar-refractivity contribution in [2.24, 2.45) is 5.92 Å². The molecule has 1 fully saturated rings. The Morgan fingerprint density at radius 1 is 1.56 bits per heavy atom. The van der Waals surface area contributed by atoms with Crippen molar-refractivity contribution in [1.29, 1.82) is 0 Å². The van der Waals surface area contributed by atoms with Gasteiger partial charge in [0.2, 0.25) is 0 Å². The van der Waals surface area contributed by atoms with Crippen LogP contribution in [-0.4, -0.2) is 31.5 Å². The topological polar surface area (TPSA) is 38.7 Å². The lowest BCUT2D eigenvalue weighted by Gasteiger charge is -2.16. The molecule has 1 saturated heterocycles. The van der Waals surface area contributed by atoms with Crippen LogP contribution in [-0.2, 0) is 11.2 Å². The number of aliphatic hydroxyl groups is 1. The Bertz CT molecular complexity index is 389. The molecular formula is C14H19ClO3. The van der Waals surface area contributed by atoms with Crippen LogP contribution in [0.3, 0.4) is 0 Å². The molecule has 1 heterocycles. The van der Waals surface area contributed by atoms with Crippen LogP contribution in [0.2, 0.25) is 5.02 Å². The average Bonchev–Trinajstić information content (AvgIpc) is 2.82. The third-order valence-electron chi connectivity index (χ3n) is 3.33. The van der Waals surface area contributed by atoms with Gasteiger partial charge in [0.05, 0.1) is 13.2 Å². The first-order valence-electron chi connectivity index (χ1n) is 6.27. The van der Waals surface area contributed by atoms with Crippen molar-refractivity contribution in [2.75, 3.05) is 20.3 Å². The highest BCUT2D eigenvalue weighted by Gasteiger charge is 2.20. The maximum absolute atomic E-state index is 10.1. The van der Waals surface area contributed by atoms with E-state index in [9.17, 15) is 5.11 Å². The zero-order chi connectivity index (χ0) is 13.0. The molecule has 2 atom stereocenters. The SMILES string of the molecule is COc1ccc(Cl)cc1CC(O)CC1CCOC1. The summed E-state index contributed by atoms with van der Waals surface area (Å²) in [5.74, 6) is 1.26. The molecule has 3 nitrogen and oxygen atoms in total. The summed E-state index contributed by atoms with van der Waals surface area (Å²) < 4.78 is 10.6. The number of hydrogen-bond donors (Lipinski definition) is 1. The van der Waals surface area contributed by atoms with Gasteiger partial charge >= 0.3 is 0 Å². The van der Waals surface area contributed by atoms with E-state index in [4.69, 9.17) is 21.1 Å². The molecule has 100 valence electrons. The Morgan fingerprint density at radius 3 is 3.06 bits per heavy atom. The monoisotopic (exact) mass is 270 g/mol. The Morgan fingerprint density at radius 2 is 2.39 bits per heavy atom. The first kappa shape index (κ1) is 13.7. The summed E-state index contributed by atoms with van der Waals surface area (Å²) >= 11 is 5.97. The zero-order valence-corrected chi connectivity index (χ0v) is 11.3. The van der Waals surface area contributed by atoms with Crippen LogP contribution in [0.5, 0.6) is 5.75 Å². The summed E-state index contributed by atoms with van der Waals surface area (Å²) in [6.45, 7) is 1.58. The third-order valence-corrected chi connectivity index (χ3v) is 3.56. The molecule has 1 aliphatic heterocycles. The Hall–Kier alpha value is -0.770. The first-order valence-corrected chi connectivity index (χ1v) is 6.65. The molecule has 2 unspecified atom stereocenters. The molecule has 0 aromatic heterocycles. The second kappa shape index (κ2) is 6.41. The molecule has 1 aromatic carbocycles. The second-order valence-corrected chi connectivity index (χ2v) is 5.22. The predicted octanol–water partition coefficient (Wildman–Crippen LogP) is 2.68. The Labute approximate surface area is 113 Å². The summed E-state index contributed by atoms with van der Waals surface area (Å²) in [7, 11) is 1.63. The second-order valence-electron chi connectivity index (χ2n) is 4.78. The normalized spacial score (nSPS) is 20.9. The standard InChI is InChI=1S/C14H19ClO3/c1-17-14-3-2-12(15)7-11(14)8-13(16)6-10-4-5-18-9-10/h2-3,7,10,13,16H,4-6,8-9H2,1H3. The summed E-state index contributed by atoms with van der Waals surface area (Å²) in [6, 6.07) is 5.49. The van der Waals surface area contributed by atoms with E-state index < -0.39 is 0 Å². The van der Waals surface area contributed by atoms with Crippen molar-refractivity contribution < 1.29 is 14.6 Å². The van der Waals surface area contributed by atoms with Crippen LogP contribution < -0.4 is 4.74 Å². The fraction of sp³-hybridized carbons (Fsp3) is 0.571. The van der Waals surface area contributed by atoms with Gasteiger partial charge in [0.1, 0.15) is 5.75 Å². The molecule has 2 rings (SSSR count). The van der Waals surface area contributed by atoms with Crippen molar-refractivity contribution in [3.05, 3.63) is 28.8 Å². The Kier molecular flexibility index (Phi) is 4.87. The van der Waals surface area contributed by atoms with Crippen LogP contribution in [0.15, 0.2) is 18.2 Å². The van der Waals surface area contributed by atoms with Gasteiger partial charge < -0.3 is 14.6 Å². The van der Waals surface area contributed by atoms with Crippen molar-refractivity contribution in [2.45, 2.75) is 25.4 Å². The quantitative estimate of drug-likeness (QED) is 0.894. The molecule has 1 N–H and O–H groups in total. The maximum atomic E-state index is 10.1. The van der Waals surface area contributed by atoms with Crippen molar-refractivity contribution in [3.63, 3.8) is 0 Å². The lowest BCUT2D eigenvalue weighted by molar-refractivity contribution is 0.128. The highest BCUT2D eigenvalue weighted by Crippen LogP contribution is 2.26. The van der Waals surface area contributed by atoms with E-state index in [2.05, 4.69) is 0 Å². The van der Waals surface area contributed by atoms with Crippen LogP contribution in [0.4, 0.5) is 0 Å². The number of rotatable bonds is 5. The number of benzene rings is 1. The third kappa shape index (κ3) is 3.61. The van der Waals surface area contributed by atoms with Crippen molar-refractivity contribution >= 4 is 11.6 Å². The zero-order valence-electron chi connectivity index (χ0n) is 10.6. The fourth-order valence-corrected chi connectivity index (χ4v) is 2.59. The summed E-state index contributed by atoms with van der Waals surface area (Å²) in [4.78, 5) is 0. The lowest BCUT2D eigenvalue weighted by atomic mass is 9.96. The van der Waals surface area contributed by atoms with E-state index >= 15 is 0 Å². The van der Waals surface area contributed by atoms with Gasteiger partial charge in [-0.25, -0.2) is 0 Å². The number of hydrogen-bond acceptors (Lipinski definition) is 3. The average molecular weight is 271 g/mol. The molecule has 1 aliphatic rings. The summed E-state index contributed by atoms with van der Waals surface area (Å²) in [5.41, 5.74) is 0.955. The van der Waals surface area contributed by atoms with Gasteiger partial charge in [-0.15, -0.1) is 0 Å². The molecule has 0 saturated carbocycles. The minimum absolute atomic E-state index is 0.371. The van der Waals surface area contributed by atoms with E-state index in [-0.39, 0.29) is 6.10 Å². The van der Waals surface area contributed by atoms with Gasteiger partial charge in [-0.3, -0.25) is 0 Å². The summed E-state index contributed by atoms with van der Waals surface area (Å²) in [6.07, 6.45) is 2.02. The van der Waals surface area contributed by atoms with Gasteiger partial charge in [0.15, 0.2) is 0 Å². The largest absolute Gasteiger partial charge is 0.496 e. The number of aliphatic hydroxyl groups excluding tert-OH is 1. The van der Waals surface area contributed by atoms with Crippen LogP contribution in [0, 0.1) is 5.92 Å².